The quantitative estimate of drug-likeness (QED) is 0.641. The van der Waals surface area contributed by atoms with Crippen LogP contribution in [0.1, 0.15) is 34.3 Å². The van der Waals surface area contributed by atoms with E-state index in [0.717, 1.165) is 30.0 Å². The first-order valence-electron chi connectivity index (χ1n) is 10.7. The van der Waals surface area contributed by atoms with Gasteiger partial charge < -0.3 is 10.1 Å². The molecule has 6 nitrogen and oxygen atoms in total. The molecule has 4 rings (SSSR count). The third-order valence-corrected chi connectivity index (χ3v) is 5.50. The van der Waals surface area contributed by atoms with Crippen LogP contribution in [0.5, 0.6) is 0 Å². The molecule has 1 fully saturated rings. The summed E-state index contributed by atoms with van der Waals surface area (Å²) in [7, 11) is 0. The second-order valence-corrected chi connectivity index (χ2v) is 7.85. The van der Waals surface area contributed by atoms with Crippen LogP contribution in [0.3, 0.4) is 0 Å². The highest BCUT2D eigenvalue weighted by molar-refractivity contribution is 5.77. The molecular formula is C25H28N4O2. The molecule has 3 heterocycles. The highest BCUT2D eigenvalue weighted by Gasteiger charge is 2.24. The largest absolute Gasteiger partial charge is 0.369 e. The minimum Gasteiger partial charge on any atom is -0.369 e. The number of aryl methyl sites for hydroxylation is 1. The Balaban J connectivity index is 1.34. The van der Waals surface area contributed by atoms with Crippen molar-refractivity contribution in [3.05, 3.63) is 95.1 Å². The molecule has 0 spiro atoms. The van der Waals surface area contributed by atoms with E-state index < -0.39 is 0 Å². The summed E-state index contributed by atoms with van der Waals surface area (Å²) in [6.45, 7) is 4.88. The van der Waals surface area contributed by atoms with Gasteiger partial charge in [-0.3, -0.25) is 19.7 Å². The topological polar surface area (TPSA) is 67.4 Å². The molecule has 1 saturated heterocycles. The summed E-state index contributed by atoms with van der Waals surface area (Å²) < 4.78 is 5.99. The summed E-state index contributed by atoms with van der Waals surface area (Å²) in [4.78, 5) is 23.6. The maximum atomic E-state index is 12.4. The Hall–Kier alpha value is -3.09. The Morgan fingerprint density at radius 2 is 1.94 bits per heavy atom. The van der Waals surface area contributed by atoms with Crippen molar-refractivity contribution in [1.29, 1.82) is 0 Å². The Bertz CT molecular complexity index is 1010. The van der Waals surface area contributed by atoms with Gasteiger partial charge in [-0.25, -0.2) is 0 Å². The van der Waals surface area contributed by atoms with E-state index in [4.69, 9.17) is 9.72 Å². The first-order chi connectivity index (χ1) is 15.2. The molecule has 1 N–H and O–H groups in total. The third-order valence-electron chi connectivity index (χ3n) is 5.50. The third kappa shape index (κ3) is 5.96. The molecule has 0 bridgehead atoms. The van der Waals surface area contributed by atoms with Gasteiger partial charge in [-0.1, -0.05) is 36.4 Å². The van der Waals surface area contributed by atoms with Gasteiger partial charge in [0.25, 0.3) is 0 Å². The fourth-order valence-electron chi connectivity index (χ4n) is 3.76. The number of amides is 1. The van der Waals surface area contributed by atoms with Crippen LogP contribution < -0.4 is 5.32 Å². The van der Waals surface area contributed by atoms with Crippen LogP contribution in [0.15, 0.2) is 66.9 Å². The first-order valence-corrected chi connectivity index (χ1v) is 10.7. The van der Waals surface area contributed by atoms with Crippen LogP contribution >= 0.6 is 0 Å². The van der Waals surface area contributed by atoms with Gasteiger partial charge in [-0.05, 0) is 42.3 Å². The van der Waals surface area contributed by atoms with E-state index in [2.05, 4.69) is 52.5 Å². The standard InChI is InChI=1S/C25H28N4O2/c1-19-7-2-3-8-20(19)15-21-10-6-11-23(28-21)24-17-29(13-14-31-24)18-25(30)27-16-22-9-4-5-12-26-22/h2-12,24H,13-18H2,1H3,(H,27,30)/t24-/m0/s1. The van der Waals surface area contributed by atoms with Crippen molar-refractivity contribution in [1.82, 2.24) is 20.2 Å². The lowest BCUT2D eigenvalue weighted by Gasteiger charge is -2.32. The maximum Gasteiger partial charge on any atom is 0.234 e. The minimum absolute atomic E-state index is 0.00688. The van der Waals surface area contributed by atoms with E-state index in [1.807, 2.05) is 30.3 Å². The zero-order valence-corrected chi connectivity index (χ0v) is 17.8. The fourth-order valence-corrected chi connectivity index (χ4v) is 3.76. The maximum absolute atomic E-state index is 12.4. The van der Waals surface area contributed by atoms with Gasteiger partial charge in [0.15, 0.2) is 0 Å². The predicted octanol–water partition coefficient (Wildman–Crippen LogP) is 3.07. The van der Waals surface area contributed by atoms with Gasteiger partial charge in [-0.15, -0.1) is 0 Å². The summed E-state index contributed by atoms with van der Waals surface area (Å²) in [6, 6.07) is 20.2. The number of pyridine rings is 2. The van der Waals surface area contributed by atoms with E-state index in [1.165, 1.54) is 11.1 Å². The summed E-state index contributed by atoms with van der Waals surface area (Å²) in [5.41, 5.74) is 5.35. The van der Waals surface area contributed by atoms with Crippen LogP contribution in [-0.4, -0.2) is 47.0 Å². The second kappa shape index (κ2) is 10.3. The number of carbonyl (C=O) groups excluding carboxylic acids is 1. The van der Waals surface area contributed by atoms with Crippen molar-refractivity contribution in [2.24, 2.45) is 0 Å². The highest BCUT2D eigenvalue weighted by Crippen LogP contribution is 2.22. The van der Waals surface area contributed by atoms with Crippen LogP contribution in [0.25, 0.3) is 0 Å². The minimum atomic E-state index is -0.130. The lowest BCUT2D eigenvalue weighted by Crippen LogP contribution is -2.44. The predicted molar refractivity (Wildman–Crippen MR) is 119 cm³/mol. The fraction of sp³-hybridized carbons (Fsp3) is 0.320. The van der Waals surface area contributed by atoms with Gasteiger partial charge in [0, 0.05) is 31.4 Å². The van der Waals surface area contributed by atoms with Gasteiger partial charge in [0.05, 0.1) is 31.1 Å². The molecule has 0 saturated carbocycles. The molecule has 6 heteroatoms. The van der Waals surface area contributed by atoms with Gasteiger partial charge in [-0.2, -0.15) is 0 Å². The van der Waals surface area contributed by atoms with Crippen LogP contribution in [0.2, 0.25) is 0 Å². The number of carbonyl (C=O) groups is 1. The average molecular weight is 417 g/mol. The van der Waals surface area contributed by atoms with Crippen LogP contribution in [0, 0.1) is 6.92 Å². The van der Waals surface area contributed by atoms with Crippen molar-refractivity contribution in [3.8, 4) is 0 Å². The number of ether oxygens (including phenoxy) is 1. The van der Waals surface area contributed by atoms with Crippen molar-refractivity contribution in [2.45, 2.75) is 26.0 Å². The van der Waals surface area contributed by atoms with Gasteiger partial charge in [0.2, 0.25) is 5.91 Å². The summed E-state index contributed by atoms with van der Waals surface area (Å²) in [5.74, 6) is -0.00688. The molecular weight excluding hydrogens is 388 g/mol. The number of hydrogen-bond donors (Lipinski definition) is 1. The number of nitrogens with zero attached hydrogens (tertiary/aromatic N) is 3. The molecule has 2 aromatic heterocycles. The molecule has 0 radical (unpaired) electrons. The Morgan fingerprint density at radius 1 is 1.10 bits per heavy atom. The SMILES string of the molecule is Cc1ccccc1Cc1cccc([C@@H]2CN(CC(=O)NCc3ccccn3)CCO2)n1. The van der Waals surface area contributed by atoms with Crippen molar-refractivity contribution in [3.63, 3.8) is 0 Å². The molecule has 1 atom stereocenters. The monoisotopic (exact) mass is 416 g/mol. The highest BCUT2D eigenvalue weighted by atomic mass is 16.5. The molecule has 31 heavy (non-hydrogen) atoms. The molecule has 3 aromatic rings. The van der Waals surface area contributed by atoms with E-state index in [9.17, 15) is 4.79 Å². The van der Waals surface area contributed by atoms with Crippen molar-refractivity contribution < 1.29 is 9.53 Å². The molecule has 1 amide bonds. The summed E-state index contributed by atoms with van der Waals surface area (Å²) >= 11 is 0. The summed E-state index contributed by atoms with van der Waals surface area (Å²) in [5, 5.41) is 2.94. The summed E-state index contributed by atoms with van der Waals surface area (Å²) in [6.07, 6.45) is 2.40. The number of morpholine rings is 1. The number of nitrogens with one attached hydrogen (secondary N) is 1. The van der Waals surface area contributed by atoms with Crippen LogP contribution in [0.4, 0.5) is 0 Å². The molecule has 0 aliphatic carbocycles. The van der Waals surface area contributed by atoms with E-state index in [0.29, 0.717) is 26.2 Å². The first kappa shape index (κ1) is 21.2. The lowest BCUT2D eigenvalue weighted by atomic mass is 10.0. The molecule has 160 valence electrons. The Kier molecular flexibility index (Phi) is 7.02. The molecule has 1 aromatic carbocycles. The Labute approximate surface area is 183 Å². The smallest absolute Gasteiger partial charge is 0.234 e. The number of hydrogen-bond acceptors (Lipinski definition) is 5. The van der Waals surface area contributed by atoms with Gasteiger partial charge in [0.1, 0.15) is 6.10 Å². The lowest BCUT2D eigenvalue weighted by molar-refractivity contribution is -0.124. The second-order valence-electron chi connectivity index (χ2n) is 7.85. The van der Waals surface area contributed by atoms with E-state index in [1.54, 1.807) is 6.20 Å². The van der Waals surface area contributed by atoms with Crippen molar-refractivity contribution >= 4 is 5.91 Å². The van der Waals surface area contributed by atoms with E-state index in [-0.39, 0.29) is 12.0 Å². The zero-order chi connectivity index (χ0) is 21.5. The molecule has 1 aliphatic rings. The number of benzene rings is 1. The normalized spacial score (nSPS) is 16.7. The number of rotatable bonds is 7. The molecule has 1 aliphatic heterocycles. The van der Waals surface area contributed by atoms with Crippen molar-refractivity contribution in [2.75, 3.05) is 26.2 Å². The van der Waals surface area contributed by atoms with E-state index >= 15 is 0 Å². The number of aromatic nitrogens is 2. The zero-order valence-electron chi connectivity index (χ0n) is 17.8. The van der Waals surface area contributed by atoms with Gasteiger partial charge >= 0.3 is 0 Å². The van der Waals surface area contributed by atoms with Crippen LogP contribution in [-0.2, 0) is 22.5 Å². The Morgan fingerprint density at radius 3 is 2.77 bits per heavy atom. The average Bonchev–Trinajstić information content (AvgIpc) is 2.80. The molecule has 0 unspecified atom stereocenters.